The van der Waals surface area contributed by atoms with E-state index in [0.717, 1.165) is 5.56 Å². The number of amides is 2. The number of benzene rings is 3. The number of carbonyl (C=O) groups is 4. The molecule has 3 aromatic carbocycles. The summed E-state index contributed by atoms with van der Waals surface area (Å²) in [6, 6.07) is 17.3. The summed E-state index contributed by atoms with van der Waals surface area (Å²) in [4.78, 5) is 61.5. The smallest absolute Gasteiger partial charge is 0.422 e. The van der Waals surface area contributed by atoms with Gasteiger partial charge in [0.25, 0.3) is 11.8 Å². The Balaban J connectivity index is 1.20. The number of aromatic nitrogens is 3. The Morgan fingerprint density at radius 1 is 0.904 bits per heavy atom. The fourth-order valence-electron chi connectivity index (χ4n) is 4.93. The molecule has 1 saturated carbocycles. The van der Waals surface area contributed by atoms with E-state index in [4.69, 9.17) is 27.9 Å². The van der Waals surface area contributed by atoms with Crippen LogP contribution in [0.3, 0.4) is 0 Å². The van der Waals surface area contributed by atoms with Gasteiger partial charge in [0.15, 0.2) is 6.61 Å². The van der Waals surface area contributed by atoms with Gasteiger partial charge in [-0.1, -0.05) is 53.5 Å². The number of carbonyl (C=O) groups excluding carboxylic acids is 3. The van der Waals surface area contributed by atoms with Crippen molar-refractivity contribution in [3.8, 4) is 6.01 Å². The van der Waals surface area contributed by atoms with Gasteiger partial charge in [0.2, 0.25) is 17.7 Å². The molecule has 0 spiro atoms. The molecular formula is C34H30Cl2F3N7O6. The molecular weight excluding hydrogens is 730 g/mol. The zero-order chi connectivity index (χ0) is 37.5. The fraction of sp³-hybridized carbons (Fsp3) is 0.265. The molecule has 272 valence electrons. The number of aliphatic carboxylic acids is 1. The summed E-state index contributed by atoms with van der Waals surface area (Å²) in [5.41, 5.74) is 1.18. The number of rotatable bonds is 16. The Bertz CT molecular complexity index is 1950. The van der Waals surface area contributed by atoms with Crippen molar-refractivity contribution in [1.82, 2.24) is 25.6 Å². The fourth-order valence-corrected chi connectivity index (χ4v) is 5.26. The lowest BCUT2D eigenvalue weighted by Crippen LogP contribution is -2.43. The molecule has 1 atom stereocenters. The van der Waals surface area contributed by atoms with Crippen molar-refractivity contribution in [3.63, 3.8) is 0 Å². The molecule has 1 aliphatic rings. The normalized spacial score (nSPS) is 13.7. The number of anilines is 3. The van der Waals surface area contributed by atoms with Crippen LogP contribution < -0.4 is 26.0 Å². The first-order chi connectivity index (χ1) is 24.7. The lowest BCUT2D eigenvalue weighted by molar-refractivity contribution is -0.154. The first-order valence-electron chi connectivity index (χ1n) is 15.6. The maximum Gasteiger partial charge on any atom is 0.422 e. The number of halogens is 5. The van der Waals surface area contributed by atoms with E-state index in [1.54, 1.807) is 36.4 Å². The molecule has 2 amide bonds. The number of ether oxygens (including phenoxy) is 1. The van der Waals surface area contributed by atoms with Crippen LogP contribution in [0.25, 0.3) is 0 Å². The second-order valence-electron chi connectivity index (χ2n) is 11.7. The van der Waals surface area contributed by atoms with E-state index in [9.17, 15) is 37.5 Å². The number of hydrogen-bond donors (Lipinski definition) is 5. The SMILES string of the molecule is O=C(Cc1ccccc1Cl)C(=O)NCC[C@@H](NC(=O)c1ccc(Nc2nc(NC3(c4ccc(Cl)cc4)CC3)nc(OCC(F)(F)F)n2)cc1)C(=O)O. The van der Waals surface area contributed by atoms with Gasteiger partial charge in [-0.15, -0.1) is 0 Å². The molecule has 0 saturated heterocycles. The number of Topliss-reactive ketones (excluding diaryl/α,β-unsaturated/α-hetero) is 1. The van der Waals surface area contributed by atoms with Crippen LogP contribution in [0.4, 0.5) is 30.8 Å². The average Bonchev–Trinajstić information content (AvgIpc) is 3.88. The standard InChI is InChI=1S/C34H30Cl2F3N7O6/c35-22-9-7-21(8-10-22)33(14-15-33)46-31-43-30(44-32(45-31)52-18-34(37,38)39)41-23-11-5-19(6-12-23)27(48)42-25(29(50)51)13-16-40-28(49)26(47)17-20-3-1-2-4-24(20)36/h1-12,25H,13-18H2,(H,40,49)(H,42,48)(H,50,51)(H2,41,43,44,45,46)/t25-/m1/s1. The number of carboxylic acid groups (broad SMARTS) is 1. The monoisotopic (exact) mass is 759 g/mol. The zero-order valence-electron chi connectivity index (χ0n) is 27.0. The van der Waals surface area contributed by atoms with Crippen LogP contribution in [0.1, 0.15) is 40.7 Å². The summed E-state index contributed by atoms with van der Waals surface area (Å²) in [5, 5.41) is 21.2. The Morgan fingerprint density at radius 2 is 1.58 bits per heavy atom. The number of ketones is 1. The predicted octanol–water partition coefficient (Wildman–Crippen LogP) is 5.47. The van der Waals surface area contributed by atoms with Crippen LogP contribution in [-0.2, 0) is 26.3 Å². The summed E-state index contributed by atoms with van der Waals surface area (Å²) in [7, 11) is 0. The van der Waals surface area contributed by atoms with E-state index >= 15 is 0 Å². The minimum absolute atomic E-state index is 0.0426. The molecule has 0 unspecified atom stereocenters. The lowest BCUT2D eigenvalue weighted by atomic mass is 10.1. The summed E-state index contributed by atoms with van der Waals surface area (Å²) < 4.78 is 43.5. The van der Waals surface area contributed by atoms with Crippen LogP contribution in [0.5, 0.6) is 6.01 Å². The maximum atomic E-state index is 12.9. The lowest BCUT2D eigenvalue weighted by Gasteiger charge is -2.19. The minimum Gasteiger partial charge on any atom is -0.480 e. The highest BCUT2D eigenvalue weighted by Crippen LogP contribution is 2.48. The molecule has 5 rings (SSSR count). The van der Waals surface area contributed by atoms with Gasteiger partial charge in [0.1, 0.15) is 6.04 Å². The molecule has 4 aromatic rings. The van der Waals surface area contributed by atoms with E-state index in [2.05, 4.69) is 36.2 Å². The molecule has 5 N–H and O–H groups in total. The van der Waals surface area contributed by atoms with Crippen LogP contribution in [0.2, 0.25) is 10.0 Å². The van der Waals surface area contributed by atoms with Crippen molar-refractivity contribution in [2.75, 3.05) is 23.8 Å². The van der Waals surface area contributed by atoms with E-state index in [1.807, 2.05) is 12.1 Å². The van der Waals surface area contributed by atoms with Crippen LogP contribution >= 0.6 is 23.2 Å². The highest BCUT2D eigenvalue weighted by molar-refractivity contribution is 6.37. The van der Waals surface area contributed by atoms with E-state index in [0.29, 0.717) is 34.1 Å². The average molecular weight is 761 g/mol. The van der Waals surface area contributed by atoms with Gasteiger partial charge in [-0.2, -0.15) is 28.1 Å². The van der Waals surface area contributed by atoms with Gasteiger partial charge in [0.05, 0.1) is 5.54 Å². The van der Waals surface area contributed by atoms with E-state index in [1.165, 1.54) is 24.3 Å². The Labute approximate surface area is 304 Å². The zero-order valence-corrected chi connectivity index (χ0v) is 28.5. The third-order valence-electron chi connectivity index (χ3n) is 7.77. The Morgan fingerprint density at radius 3 is 2.21 bits per heavy atom. The van der Waals surface area contributed by atoms with Crippen molar-refractivity contribution in [2.45, 2.75) is 43.4 Å². The number of nitrogens with one attached hydrogen (secondary N) is 4. The predicted molar refractivity (Wildman–Crippen MR) is 184 cm³/mol. The molecule has 1 fully saturated rings. The van der Waals surface area contributed by atoms with Gasteiger partial charge in [-0.3, -0.25) is 14.4 Å². The topological polar surface area (TPSA) is 185 Å². The van der Waals surface area contributed by atoms with Gasteiger partial charge in [0, 0.05) is 34.3 Å². The summed E-state index contributed by atoms with van der Waals surface area (Å²) in [5.74, 6) is -4.00. The van der Waals surface area contributed by atoms with Crippen molar-refractivity contribution in [1.29, 1.82) is 0 Å². The second kappa shape index (κ2) is 16.2. The Hall–Kier alpha value is -5.48. The van der Waals surface area contributed by atoms with Crippen molar-refractivity contribution >= 4 is 64.4 Å². The number of hydrogen-bond acceptors (Lipinski definition) is 10. The highest BCUT2D eigenvalue weighted by Gasteiger charge is 2.45. The number of nitrogens with zero attached hydrogens (tertiary/aromatic N) is 3. The van der Waals surface area contributed by atoms with Gasteiger partial charge >= 0.3 is 18.2 Å². The molecule has 52 heavy (non-hydrogen) atoms. The maximum absolute atomic E-state index is 12.9. The largest absolute Gasteiger partial charge is 0.480 e. The van der Waals surface area contributed by atoms with Gasteiger partial charge in [-0.25, -0.2) is 4.79 Å². The molecule has 1 aromatic heterocycles. The molecule has 1 aliphatic carbocycles. The van der Waals surface area contributed by atoms with Gasteiger partial charge in [-0.05, 0) is 72.9 Å². The quantitative estimate of drug-likeness (QED) is 0.0914. The first kappa shape index (κ1) is 37.8. The Kier molecular flexibility index (Phi) is 11.8. The van der Waals surface area contributed by atoms with Crippen LogP contribution in [0.15, 0.2) is 72.8 Å². The molecule has 0 radical (unpaired) electrons. The van der Waals surface area contributed by atoms with Crippen LogP contribution in [-0.4, -0.2) is 69.0 Å². The highest BCUT2D eigenvalue weighted by atomic mass is 35.5. The number of carboxylic acids is 1. The van der Waals surface area contributed by atoms with Crippen molar-refractivity contribution < 1.29 is 42.2 Å². The van der Waals surface area contributed by atoms with Crippen LogP contribution in [0, 0.1) is 0 Å². The molecule has 1 heterocycles. The van der Waals surface area contributed by atoms with Crippen molar-refractivity contribution in [2.24, 2.45) is 0 Å². The van der Waals surface area contributed by atoms with E-state index in [-0.39, 0.29) is 36.8 Å². The van der Waals surface area contributed by atoms with Gasteiger partial charge < -0.3 is 31.1 Å². The first-order valence-corrected chi connectivity index (χ1v) is 16.4. The molecule has 0 aliphatic heterocycles. The van der Waals surface area contributed by atoms with Crippen molar-refractivity contribution in [3.05, 3.63) is 99.5 Å². The third-order valence-corrected chi connectivity index (χ3v) is 8.39. The third kappa shape index (κ3) is 10.5. The minimum atomic E-state index is -4.64. The second-order valence-corrected chi connectivity index (χ2v) is 12.5. The molecule has 18 heteroatoms. The summed E-state index contributed by atoms with van der Waals surface area (Å²) in [6.45, 7) is -1.85. The number of alkyl halides is 3. The molecule has 0 bridgehead atoms. The summed E-state index contributed by atoms with van der Waals surface area (Å²) >= 11 is 12.0. The summed E-state index contributed by atoms with van der Waals surface area (Å²) in [6.07, 6.45) is -3.70. The molecule has 13 nitrogen and oxygen atoms in total. The van der Waals surface area contributed by atoms with E-state index < -0.39 is 53.9 Å².